The van der Waals surface area contributed by atoms with Gasteiger partial charge in [0.15, 0.2) is 0 Å². The van der Waals surface area contributed by atoms with Gasteiger partial charge in [-0.3, -0.25) is 4.68 Å². The number of aromatic nitrogens is 2. The fourth-order valence-corrected chi connectivity index (χ4v) is 1.74. The molecule has 0 saturated carbocycles. The lowest BCUT2D eigenvalue weighted by atomic mass is 10.00. The molecule has 2 atom stereocenters. The van der Waals surface area contributed by atoms with Gasteiger partial charge in [-0.2, -0.15) is 5.10 Å². The van der Waals surface area contributed by atoms with Crippen LogP contribution in [0.5, 0.6) is 0 Å². The molecule has 0 aliphatic heterocycles. The third kappa shape index (κ3) is 3.81. The molecule has 0 spiro atoms. The summed E-state index contributed by atoms with van der Waals surface area (Å²) in [5.41, 5.74) is 1.27. The summed E-state index contributed by atoms with van der Waals surface area (Å²) in [6.45, 7) is 9.27. The van der Waals surface area contributed by atoms with Gasteiger partial charge in [0, 0.05) is 37.9 Å². The predicted molar refractivity (Wildman–Crippen MR) is 68.4 cm³/mol. The molecule has 0 amide bonds. The minimum absolute atomic E-state index is 0.534. The van der Waals surface area contributed by atoms with E-state index in [1.807, 2.05) is 24.0 Å². The first-order valence-electron chi connectivity index (χ1n) is 5.96. The second-order valence-electron chi connectivity index (χ2n) is 4.44. The molecule has 1 heterocycles. The van der Waals surface area contributed by atoms with Crippen molar-refractivity contribution >= 4 is 0 Å². The summed E-state index contributed by atoms with van der Waals surface area (Å²) in [7, 11) is 1.99. The lowest BCUT2D eigenvalue weighted by Crippen LogP contribution is -2.33. The van der Waals surface area contributed by atoms with Crippen LogP contribution in [0.2, 0.25) is 0 Å². The van der Waals surface area contributed by atoms with E-state index < -0.39 is 0 Å². The Morgan fingerprint density at radius 3 is 2.88 bits per heavy atom. The molecule has 0 radical (unpaired) electrons. The molecule has 0 aliphatic rings. The number of hydrogen-bond donors (Lipinski definition) is 1. The molecule has 1 aromatic rings. The summed E-state index contributed by atoms with van der Waals surface area (Å²) in [5.74, 6) is 0.643. The van der Waals surface area contributed by atoms with Crippen molar-refractivity contribution in [3.05, 3.63) is 30.6 Å². The molecule has 0 aliphatic carbocycles. The van der Waals surface area contributed by atoms with Gasteiger partial charge >= 0.3 is 0 Å². The molecule has 16 heavy (non-hydrogen) atoms. The zero-order valence-corrected chi connectivity index (χ0v) is 10.6. The van der Waals surface area contributed by atoms with Gasteiger partial charge in [0.1, 0.15) is 0 Å². The number of nitrogens with one attached hydrogen (secondary N) is 1. The Labute approximate surface area is 98.5 Å². The van der Waals surface area contributed by atoms with E-state index in [4.69, 9.17) is 0 Å². The van der Waals surface area contributed by atoms with Crippen LogP contribution in [0.25, 0.3) is 0 Å². The van der Waals surface area contributed by atoms with Crippen molar-refractivity contribution in [1.82, 2.24) is 15.1 Å². The minimum Gasteiger partial charge on any atom is -0.314 e. The van der Waals surface area contributed by atoms with Crippen LogP contribution in [0.3, 0.4) is 0 Å². The predicted octanol–water partition coefficient (Wildman–Crippen LogP) is 2.15. The Morgan fingerprint density at radius 2 is 2.31 bits per heavy atom. The largest absolute Gasteiger partial charge is 0.314 e. The smallest absolute Gasteiger partial charge is 0.0492 e. The molecule has 0 bridgehead atoms. The van der Waals surface area contributed by atoms with Crippen LogP contribution in [0.15, 0.2) is 24.9 Å². The average Bonchev–Trinajstić information content (AvgIpc) is 2.65. The molecular formula is C13H23N3. The number of allylic oxidation sites excluding steroid dienone is 1. The summed E-state index contributed by atoms with van der Waals surface area (Å²) in [5, 5.41) is 7.70. The molecule has 0 saturated heterocycles. The zero-order valence-electron chi connectivity index (χ0n) is 10.6. The Hall–Kier alpha value is -1.09. The molecule has 3 nitrogen and oxygen atoms in total. The van der Waals surface area contributed by atoms with E-state index in [-0.39, 0.29) is 0 Å². The zero-order chi connectivity index (χ0) is 12.0. The lowest BCUT2D eigenvalue weighted by molar-refractivity contribution is 0.404. The molecule has 0 aromatic carbocycles. The highest BCUT2D eigenvalue weighted by molar-refractivity contribution is 5.00. The highest BCUT2D eigenvalue weighted by Crippen LogP contribution is 2.08. The van der Waals surface area contributed by atoms with E-state index in [1.54, 1.807) is 0 Å². The molecule has 2 unspecified atom stereocenters. The third-order valence-electron chi connectivity index (χ3n) is 3.16. The Balaban J connectivity index is 2.25. The average molecular weight is 221 g/mol. The van der Waals surface area contributed by atoms with Crippen molar-refractivity contribution in [2.75, 3.05) is 6.54 Å². The maximum atomic E-state index is 4.15. The van der Waals surface area contributed by atoms with Gasteiger partial charge in [-0.25, -0.2) is 0 Å². The van der Waals surface area contributed by atoms with Crippen LogP contribution >= 0.6 is 0 Å². The summed E-state index contributed by atoms with van der Waals surface area (Å²) < 4.78 is 1.93. The van der Waals surface area contributed by atoms with Gasteiger partial charge in [0.25, 0.3) is 0 Å². The molecule has 1 aromatic heterocycles. The van der Waals surface area contributed by atoms with Gasteiger partial charge in [0.05, 0.1) is 0 Å². The first-order valence-corrected chi connectivity index (χ1v) is 5.96. The maximum Gasteiger partial charge on any atom is 0.0492 e. The van der Waals surface area contributed by atoms with E-state index >= 15 is 0 Å². The fourth-order valence-electron chi connectivity index (χ4n) is 1.74. The van der Waals surface area contributed by atoms with Crippen LogP contribution in [-0.4, -0.2) is 22.4 Å². The van der Waals surface area contributed by atoms with E-state index in [9.17, 15) is 0 Å². The van der Waals surface area contributed by atoms with Crippen LogP contribution in [0.1, 0.15) is 26.0 Å². The Bertz CT molecular complexity index is 317. The SMILES string of the molecule is C=CCC(C)C(C)NCCc1ccnn1C. The first kappa shape index (κ1) is 13.0. The number of nitrogens with zero attached hydrogens (tertiary/aromatic N) is 2. The molecular weight excluding hydrogens is 198 g/mol. The minimum atomic E-state index is 0.534. The van der Waals surface area contributed by atoms with Gasteiger partial charge in [-0.15, -0.1) is 6.58 Å². The van der Waals surface area contributed by atoms with E-state index in [0.717, 1.165) is 19.4 Å². The highest BCUT2D eigenvalue weighted by Gasteiger charge is 2.09. The molecule has 0 fully saturated rings. The summed E-state index contributed by atoms with van der Waals surface area (Å²) >= 11 is 0. The number of hydrogen-bond acceptors (Lipinski definition) is 2. The van der Waals surface area contributed by atoms with Gasteiger partial charge in [-0.05, 0) is 25.3 Å². The number of aryl methyl sites for hydroxylation is 1. The van der Waals surface area contributed by atoms with Gasteiger partial charge in [0.2, 0.25) is 0 Å². The highest BCUT2D eigenvalue weighted by atomic mass is 15.3. The monoisotopic (exact) mass is 221 g/mol. The van der Waals surface area contributed by atoms with Crippen LogP contribution in [-0.2, 0) is 13.5 Å². The maximum absolute atomic E-state index is 4.15. The van der Waals surface area contributed by atoms with Crippen molar-refractivity contribution in [2.45, 2.75) is 32.7 Å². The number of rotatable bonds is 7. The molecule has 90 valence electrons. The van der Waals surface area contributed by atoms with E-state index in [2.05, 4.69) is 36.9 Å². The fraction of sp³-hybridized carbons (Fsp3) is 0.615. The van der Waals surface area contributed by atoms with Crippen molar-refractivity contribution in [3.63, 3.8) is 0 Å². The Kier molecular flexibility index (Phi) is 5.26. The van der Waals surface area contributed by atoms with Gasteiger partial charge in [-0.1, -0.05) is 13.0 Å². The lowest BCUT2D eigenvalue weighted by Gasteiger charge is -2.20. The van der Waals surface area contributed by atoms with E-state index in [1.165, 1.54) is 5.69 Å². The molecule has 1 rings (SSSR count). The van der Waals surface area contributed by atoms with Crippen LogP contribution < -0.4 is 5.32 Å². The second kappa shape index (κ2) is 6.48. The standard InChI is InChI=1S/C13H23N3/c1-5-6-11(2)12(3)14-9-7-13-8-10-15-16(13)4/h5,8,10-12,14H,1,6-7,9H2,2-4H3. The summed E-state index contributed by atoms with van der Waals surface area (Å²) in [6.07, 6.45) is 5.94. The van der Waals surface area contributed by atoms with Crippen molar-refractivity contribution in [1.29, 1.82) is 0 Å². The summed E-state index contributed by atoms with van der Waals surface area (Å²) in [4.78, 5) is 0. The van der Waals surface area contributed by atoms with Crippen LogP contribution in [0.4, 0.5) is 0 Å². The van der Waals surface area contributed by atoms with E-state index in [0.29, 0.717) is 12.0 Å². The summed E-state index contributed by atoms with van der Waals surface area (Å²) in [6, 6.07) is 2.60. The van der Waals surface area contributed by atoms with Gasteiger partial charge < -0.3 is 5.32 Å². The second-order valence-corrected chi connectivity index (χ2v) is 4.44. The first-order chi connectivity index (χ1) is 7.65. The van der Waals surface area contributed by atoms with Crippen LogP contribution in [0, 0.1) is 5.92 Å². The van der Waals surface area contributed by atoms with Crippen molar-refractivity contribution in [3.8, 4) is 0 Å². The quantitative estimate of drug-likeness (QED) is 0.715. The topological polar surface area (TPSA) is 29.9 Å². The third-order valence-corrected chi connectivity index (χ3v) is 3.16. The normalized spacial score (nSPS) is 14.7. The van der Waals surface area contributed by atoms with Crippen molar-refractivity contribution in [2.24, 2.45) is 13.0 Å². The van der Waals surface area contributed by atoms with Crippen molar-refractivity contribution < 1.29 is 0 Å². The molecule has 1 N–H and O–H groups in total. The molecule has 3 heteroatoms. The Morgan fingerprint density at radius 1 is 1.56 bits per heavy atom.